The molecule has 5 heteroatoms. The monoisotopic (exact) mass is 361 g/mol. The molecule has 4 nitrogen and oxygen atoms in total. The molecule has 2 rings (SSSR count). The van der Waals surface area contributed by atoms with Crippen LogP contribution in [0.25, 0.3) is 0 Å². The Morgan fingerprint density at radius 2 is 2.05 bits per heavy atom. The molecule has 0 radical (unpaired) electrons. The molecule has 1 aromatic carbocycles. The predicted octanol–water partition coefficient (Wildman–Crippen LogP) is 4.34. The second-order valence-electron chi connectivity index (χ2n) is 4.97. The number of hydrogen-bond donors (Lipinski definition) is 0. The Morgan fingerprint density at radius 1 is 1.32 bits per heavy atom. The van der Waals surface area contributed by atoms with E-state index in [2.05, 4.69) is 32.8 Å². The van der Waals surface area contributed by atoms with Gasteiger partial charge in [-0.25, -0.2) is 9.98 Å². The van der Waals surface area contributed by atoms with Crippen molar-refractivity contribution in [3.63, 3.8) is 0 Å². The van der Waals surface area contributed by atoms with Gasteiger partial charge in [0.1, 0.15) is 6.61 Å². The lowest BCUT2D eigenvalue weighted by Gasteiger charge is -2.11. The molecule has 1 aromatic heterocycles. The van der Waals surface area contributed by atoms with E-state index in [0.717, 1.165) is 28.0 Å². The Bertz CT molecular complexity index is 644. The van der Waals surface area contributed by atoms with E-state index in [0.29, 0.717) is 12.5 Å². The number of nitrogens with zero attached hydrogens (tertiary/aromatic N) is 3. The zero-order valence-electron chi connectivity index (χ0n) is 13.1. The van der Waals surface area contributed by atoms with Gasteiger partial charge in [-0.3, -0.25) is 0 Å². The molecule has 0 atom stereocenters. The molecule has 0 N–H and O–H groups in total. The molecule has 0 saturated carbocycles. The lowest BCUT2D eigenvalue weighted by Crippen LogP contribution is -2.14. The van der Waals surface area contributed by atoms with E-state index < -0.39 is 0 Å². The highest BCUT2D eigenvalue weighted by molar-refractivity contribution is 9.10. The molecule has 0 bridgehead atoms. The molecule has 1 heterocycles. The summed E-state index contributed by atoms with van der Waals surface area (Å²) < 4.78 is 6.59. The van der Waals surface area contributed by atoms with Crippen molar-refractivity contribution in [2.24, 2.45) is 4.99 Å². The van der Waals surface area contributed by atoms with Gasteiger partial charge in [0.15, 0.2) is 0 Å². The molecule has 0 saturated heterocycles. The fourth-order valence-corrected chi connectivity index (χ4v) is 2.17. The van der Waals surface area contributed by atoms with Crippen molar-refractivity contribution in [3.05, 3.63) is 52.1 Å². The zero-order valence-corrected chi connectivity index (χ0v) is 14.7. The van der Waals surface area contributed by atoms with Gasteiger partial charge in [0.05, 0.1) is 22.2 Å². The van der Waals surface area contributed by atoms with Gasteiger partial charge in [-0.05, 0) is 41.4 Å². The molecular weight excluding hydrogens is 342 g/mol. The molecule has 0 aliphatic rings. The number of benzene rings is 1. The van der Waals surface area contributed by atoms with E-state index in [4.69, 9.17) is 4.74 Å². The van der Waals surface area contributed by atoms with Crippen molar-refractivity contribution < 1.29 is 4.74 Å². The van der Waals surface area contributed by atoms with Gasteiger partial charge in [-0.15, -0.1) is 0 Å². The first-order chi connectivity index (χ1) is 10.6. The van der Waals surface area contributed by atoms with Crippen LogP contribution >= 0.6 is 15.9 Å². The largest absolute Gasteiger partial charge is 0.472 e. The fraction of sp³-hybridized carbons (Fsp3) is 0.294. The molecule has 0 fully saturated rings. The first-order valence-corrected chi connectivity index (χ1v) is 7.97. The summed E-state index contributed by atoms with van der Waals surface area (Å²) in [5.41, 5.74) is 2.78. The van der Waals surface area contributed by atoms with Crippen LogP contribution in [0.1, 0.15) is 18.2 Å². The average Bonchev–Trinajstić information content (AvgIpc) is 2.54. The molecule has 0 aliphatic heterocycles. The molecule has 116 valence electrons. The van der Waals surface area contributed by atoms with Crippen LogP contribution in [0.15, 0.2) is 45.9 Å². The Hall–Kier alpha value is -1.88. The van der Waals surface area contributed by atoms with Gasteiger partial charge in [0.25, 0.3) is 0 Å². The zero-order chi connectivity index (χ0) is 15.9. The van der Waals surface area contributed by atoms with Gasteiger partial charge in [-0.2, -0.15) is 0 Å². The lowest BCUT2D eigenvalue weighted by atomic mass is 10.2. The van der Waals surface area contributed by atoms with E-state index in [1.54, 1.807) is 6.34 Å². The third kappa shape index (κ3) is 4.56. The quantitative estimate of drug-likeness (QED) is 0.567. The Labute approximate surface area is 140 Å². The summed E-state index contributed by atoms with van der Waals surface area (Å²) in [5.74, 6) is 0.587. The van der Waals surface area contributed by atoms with E-state index >= 15 is 0 Å². The number of rotatable bonds is 6. The van der Waals surface area contributed by atoms with Crippen LogP contribution in [-0.4, -0.2) is 29.8 Å². The Kier molecular flexibility index (Phi) is 5.95. The smallest absolute Gasteiger partial charge is 0.228 e. The number of ether oxygens (including phenoxy) is 1. The topological polar surface area (TPSA) is 37.7 Å². The van der Waals surface area contributed by atoms with Gasteiger partial charge in [0, 0.05) is 13.6 Å². The van der Waals surface area contributed by atoms with Crippen LogP contribution < -0.4 is 4.74 Å². The number of halogens is 1. The fourth-order valence-electron chi connectivity index (χ4n) is 1.75. The third-order valence-electron chi connectivity index (χ3n) is 3.22. The number of aromatic nitrogens is 1. The second kappa shape index (κ2) is 7.94. The molecule has 22 heavy (non-hydrogen) atoms. The van der Waals surface area contributed by atoms with Crippen LogP contribution in [0, 0.1) is 6.92 Å². The molecular formula is C17H20BrN3O. The second-order valence-corrected chi connectivity index (χ2v) is 5.83. The van der Waals surface area contributed by atoms with E-state index in [1.807, 2.05) is 55.3 Å². The van der Waals surface area contributed by atoms with Crippen LogP contribution in [-0.2, 0) is 6.61 Å². The summed E-state index contributed by atoms with van der Waals surface area (Å²) in [6.07, 6.45) is 1.81. The van der Waals surface area contributed by atoms with Crippen molar-refractivity contribution in [3.8, 4) is 5.88 Å². The van der Waals surface area contributed by atoms with Crippen LogP contribution in [0.4, 0.5) is 5.69 Å². The standard InChI is InChI=1S/C17H20BrN3O/c1-4-21(3)12-19-16-10-15(18)17(20-13(16)2)22-11-14-8-6-5-7-9-14/h5-10,12H,4,11H2,1-3H3. The summed E-state index contributed by atoms with van der Waals surface area (Å²) in [7, 11) is 1.98. The Morgan fingerprint density at radius 3 is 2.73 bits per heavy atom. The number of pyridine rings is 1. The lowest BCUT2D eigenvalue weighted by molar-refractivity contribution is 0.291. The normalized spacial score (nSPS) is 10.9. The molecule has 2 aromatic rings. The first-order valence-electron chi connectivity index (χ1n) is 7.18. The van der Waals surface area contributed by atoms with Crippen molar-refractivity contribution in [2.45, 2.75) is 20.5 Å². The minimum absolute atomic E-state index is 0.493. The van der Waals surface area contributed by atoms with Gasteiger partial charge >= 0.3 is 0 Å². The predicted molar refractivity (Wildman–Crippen MR) is 93.9 cm³/mol. The maximum Gasteiger partial charge on any atom is 0.228 e. The van der Waals surface area contributed by atoms with Crippen LogP contribution in [0.2, 0.25) is 0 Å². The van der Waals surface area contributed by atoms with Crippen molar-refractivity contribution in [1.29, 1.82) is 0 Å². The maximum atomic E-state index is 5.79. The van der Waals surface area contributed by atoms with E-state index in [9.17, 15) is 0 Å². The number of hydrogen-bond acceptors (Lipinski definition) is 3. The minimum Gasteiger partial charge on any atom is -0.472 e. The van der Waals surface area contributed by atoms with E-state index in [1.165, 1.54) is 0 Å². The molecule has 0 amide bonds. The molecule has 0 unspecified atom stereocenters. The van der Waals surface area contributed by atoms with Crippen molar-refractivity contribution in [2.75, 3.05) is 13.6 Å². The first kappa shape index (κ1) is 16.5. The number of aliphatic imine (C=N–C) groups is 1. The highest BCUT2D eigenvalue weighted by Gasteiger charge is 2.08. The van der Waals surface area contributed by atoms with Gasteiger partial charge < -0.3 is 9.64 Å². The third-order valence-corrected chi connectivity index (χ3v) is 3.79. The number of aryl methyl sites for hydroxylation is 1. The molecule has 0 spiro atoms. The molecule has 0 aliphatic carbocycles. The average molecular weight is 362 g/mol. The van der Waals surface area contributed by atoms with Crippen molar-refractivity contribution >= 4 is 28.0 Å². The maximum absolute atomic E-state index is 5.79. The highest BCUT2D eigenvalue weighted by atomic mass is 79.9. The minimum atomic E-state index is 0.493. The summed E-state index contributed by atoms with van der Waals surface area (Å²) in [6.45, 7) is 5.41. The van der Waals surface area contributed by atoms with Gasteiger partial charge in [-0.1, -0.05) is 30.3 Å². The summed E-state index contributed by atoms with van der Waals surface area (Å²) >= 11 is 3.50. The van der Waals surface area contributed by atoms with Crippen molar-refractivity contribution in [1.82, 2.24) is 9.88 Å². The Balaban J connectivity index is 2.11. The summed E-state index contributed by atoms with van der Waals surface area (Å²) in [4.78, 5) is 10.9. The summed E-state index contributed by atoms with van der Waals surface area (Å²) in [5, 5.41) is 0. The van der Waals surface area contributed by atoms with Gasteiger partial charge in [0.2, 0.25) is 5.88 Å². The van der Waals surface area contributed by atoms with E-state index in [-0.39, 0.29) is 0 Å². The summed E-state index contributed by atoms with van der Waals surface area (Å²) in [6, 6.07) is 12.0. The van der Waals surface area contributed by atoms with Crippen LogP contribution in [0.5, 0.6) is 5.88 Å². The highest BCUT2D eigenvalue weighted by Crippen LogP contribution is 2.30. The van der Waals surface area contributed by atoms with Crippen LogP contribution in [0.3, 0.4) is 0 Å². The SMILES string of the molecule is CCN(C)C=Nc1cc(Br)c(OCc2ccccc2)nc1C.